The van der Waals surface area contributed by atoms with Gasteiger partial charge in [0.15, 0.2) is 10.3 Å². The minimum atomic E-state index is -3.70. The molecular formula is C40H36Br2Cl2F2N6O6S4. The second kappa shape index (κ2) is 19.7. The molecule has 0 saturated carbocycles. The molecule has 12 nitrogen and oxygen atoms in total. The van der Waals surface area contributed by atoms with Gasteiger partial charge in [-0.3, -0.25) is 0 Å². The van der Waals surface area contributed by atoms with E-state index in [2.05, 4.69) is 41.8 Å². The van der Waals surface area contributed by atoms with Crippen molar-refractivity contribution in [1.29, 1.82) is 0 Å². The predicted molar refractivity (Wildman–Crippen MR) is 248 cm³/mol. The number of aromatic nitrogens is 2. The van der Waals surface area contributed by atoms with Gasteiger partial charge in [-0.25, -0.2) is 35.6 Å². The van der Waals surface area contributed by atoms with Gasteiger partial charge in [0.05, 0.1) is 30.6 Å². The first-order valence-corrected chi connectivity index (χ1v) is 25.6. The average Bonchev–Trinajstić information content (AvgIpc) is 3.97. The lowest BCUT2D eigenvalue weighted by atomic mass is 10.2. The number of sulfonamides is 2. The number of hydrogen-bond donors (Lipinski definition) is 0. The van der Waals surface area contributed by atoms with Gasteiger partial charge in [0.2, 0.25) is 20.0 Å². The highest BCUT2D eigenvalue weighted by molar-refractivity contribution is 9.10. The van der Waals surface area contributed by atoms with Crippen molar-refractivity contribution in [3.8, 4) is 34.0 Å². The second-order valence-electron chi connectivity index (χ2n) is 13.7. The SMILES string of the molecule is COc1ccc(Br)cc1S(=O)(=O)N1CCN(c2nc(-c3cc(F)cc(Cl)c3)cs2)CC1.COc1ccc(Br)cc1S(=O)(=O)N1CCN(c2nc(-c3ccc(F)c(Cl)c3)cs2)CC1. The number of benzene rings is 4. The maximum atomic E-state index is 13.7. The standard InChI is InChI=1S/2C20H18BrClFN3O3S2/c1-29-18-5-3-14(21)11-19(18)31(27,28)26-8-6-25(7-9-26)20-24-17(12-30-20)13-2-4-16(23)15(22)10-13;1-29-18-3-2-14(21)10-19(18)31(27,28)26-6-4-25(5-7-26)20-24-17(12-30-20)13-8-15(22)11-16(23)9-13/h2-5,10-12H,6-9H2,1H3;2-3,8-12H,4-7H2,1H3. The van der Waals surface area contributed by atoms with E-state index in [-0.39, 0.29) is 14.8 Å². The number of rotatable bonds is 10. The highest BCUT2D eigenvalue weighted by Gasteiger charge is 2.33. The molecule has 0 atom stereocenters. The number of hydrogen-bond acceptors (Lipinski definition) is 12. The van der Waals surface area contributed by atoms with E-state index in [1.165, 1.54) is 63.7 Å². The fraction of sp³-hybridized carbons (Fsp3) is 0.250. The number of ether oxygens (including phenoxy) is 2. The first-order chi connectivity index (χ1) is 29.6. The van der Waals surface area contributed by atoms with Crippen molar-refractivity contribution in [3.05, 3.63) is 114 Å². The largest absolute Gasteiger partial charge is 0.495 e. The summed E-state index contributed by atoms with van der Waals surface area (Å²) in [6.45, 7) is 3.29. The molecule has 4 aromatic carbocycles. The van der Waals surface area contributed by atoms with E-state index in [4.69, 9.17) is 32.7 Å². The maximum Gasteiger partial charge on any atom is 0.246 e. The van der Waals surface area contributed by atoms with Crippen LogP contribution >= 0.6 is 77.7 Å². The third kappa shape index (κ3) is 10.4. The Morgan fingerprint density at radius 3 is 1.52 bits per heavy atom. The summed E-state index contributed by atoms with van der Waals surface area (Å²) in [4.78, 5) is 13.6. The number of halogens is 6. The number of piperazine rings is 2. The lowest BCUT2D eigenvalue weighted by Crippen LogP contribution is -2.48. The van der Waals surface area contributed by atoms with E-state index in [1.807, 2.05) is 20.6 Å². The zero-order chi connectivity index (χ0) is 44.3. The first kappa shape index (κ1) is 46.5. The molecule has 2 aliphatic heterocycles. The zero-order valence-electron chi connectivity index (χ0n) is 32.8. The molecular weight excluding hydrogens is 1060 g/mol. The Labute approximate surface area is 393 Å². The predicted octanol–water partition coefficient (Wildman–Crippen LogP) is 9.77. The smallest absolute Gasteiger partial charge is 0.246 e. The van der Waals surface area contributed by atoms with Gasteiger partial charge in [0.25, 0.3) is 0 Å². The molecule has 2 aliphatic rings. The summed E-state index contributed by atoms with van der Waals surface area (Å²) in [5.74, 6) is -0.267. The van der Waals surface area contributed by atoms with Gasteiger partial charge in [-0.15, -0.1) is 22.7 Å². The minimum absolute atomic E-state index is 0.0499. The van der Waals surface area contributed by atoms with Crippen LogP contribution in [-0.2, 0) is 20.0 Å². The normalized spacial score (nSPS) is 15.3. The van der Waals surface area contributed by atoms with E-state index in [9.17, 15) is 25.6 Å². The summed E-state index contributed by atoms with van der Waals surface area (Å²) in [5, 5.41) is 5.63. The van der Waals surface area contributed by atoms with Crippen molar-refractivity contribution in [2.45, 2.75) is 9.79 Å². The molecule has 4 heterocycles. The van der Waals surface area contributed by atoms with Crippen molar-refractivity contribution in [2.75, 3.05) is 76.4 Å². The Kier molecular flexibility index (Phi) is 14.8. The van der Waals surface area contributed by atoms with Gasteiger partial charge in [0.1, 0.15) is 32.9 Å². The van der Waals surface area contributed by atoms with Crippen LogP contribution in [0.3, 0.4) is 0 Å². The molecule has 8 rings (SSSR count). The number of methoxy groups -OCH3 is 2. The first-order valence-electron chi connectivity index (χ1n) is 18.6. The molecule has 0 unspecified atom stereocenters. The Hall–Kier alpha value is -3.44. The van der Waals surface area contributed by atoms with Crippen molar-refractivity contribution >= 4 is 108 Å². The van der Waals surface area contributed by atoms with Gasteiger partial charge in [-0.05, 0) is 72.8 Å². The van der Waals surface area contributed by atoms with Crippen LogP contribution in [0.4, 0.5) is 19.0 Å². The monoisotopic (exact) mass is 1090 g/mol. The fourth-order valence-electron chi connectivity index (χ4n) is 6.66. The van der Waals surface area contributed by atoms with Crippen LogP contribution in [0.25, 0.3) is 22.5 Å². The molecule has 328 valence electrons. The summed E-state index contributed by atoms with van der Waals surface area (Å²) >= 11 is 21.4. The van der Waals surface area contributed by atoms with Gasteiger partial charge < -0.3 is 19.3 Å². The summed E-state index contributed by atoms with van der Waals surface area (Å²) in [6.07, 6.45) is 0. The lowest BCUT2D eigenvalue weighted by molar-refractivity contribution is 0.373. The van der Waals surface area contributed by atoms with Gasteiger partial charge in [-0.2, -0.15) is 8.61 Å². The van der Waals surface area contributed by atoms with E-state index >= 15 is 0 Å². The molecule has 2 saturated heterocycles. The van der Waals surface area contributed by atoms with Gasteiger partial charge >= 0.3 is 0 Å². The second-order valence-corrected chi connectivity index (χ2v) is 21.9. The van der Waals surface area contributed by atoms with Crippen molar-refractivity contribution in [2.24, 2.45) is 0 Å². The van der Waals surface area contributed by atoms with E-state index in [1.54, 1.807) is 54.6 Å². The zero-order valence-corrected chi connectivity index (χ0v) is 40.7. The minimum Gasteiger partial charge on any atom is -0.495 e. The Morgan fingerprint density at radius 1 is 0.613 bits per heavy atom. The third-order valence-corrected chi connectivity index (χ3v) is 17.0. The Balaban J connectivity index is 0.000000186. The van der Waals surface area contributed by atoms with E-state index in [0.717, 1.165) is 15.8 Å². The molecule has 2 aromatic heterocycles. The molecule has 2 fully saturated rings. The fourth-order valence-corrected chi connectivity index (χ4v) is 13.1. The molecule has 0 radical (unpaired) electrons. The molecule has 22 heteroatoms. The molecule has 0 amide bonds. The van der Waals surface area contributed by atoms with Gasteiger partial charge in [-0.1, -0.05) is 55.1 Å². The summed E-state index contributed by atoms with van der Waals surface area (Å²) in [5.41, 5.74) is 2.68. The van der Waals surface area contributed by atoms with Crippen LogP contribution in [0.1, 0.15) is 0 Å². The summed E-state index contributed by atoms with van der Waals surface area (Å²) in [7, 11) is -4.49. The van der Waals surface area contributed by atoms with Crippen LogP contribution in [-0.4, -0.2) is 102 Å². The molecule has 0 spiro atoms. The molecule has 6 aromatic rings. The van der Waals surface area contributed by atoms with Crippen LogP contribution in [0, 0.1) is 11.6 Å². The third-order valence-electron chi connectivity index (χ3n) is 9.86. The Bertz CT molecular complexity index is 2790. The van der Waals surface area contributed by atoms with Crippen LogP contribution < -0.4 is 19.3 Å². The van der Waals surface area contributed by atoms with Crippen molar-refractivity contribution in [1.82, 2.24) is 18.6 Å². The lowest BCUT2D eigenvalue weighted by Gasteiger charge is -2.34. The molecule has 0 bridgehead atoms. The van der Waals surface area contributed by atoms with E-state index < -0.39 is 31.7 Å². The molecule has 62 heavy (non-hydrogen) atoms. The van der Waals surface area contributed by atoms with Crippen LogP contribution in [0.5, 0.6) is 11.5 Å². The van der Waals surface area contributed by atoms with E-state index in [0.29, 0.717) is 94.8 Å². The molecule has 0 aliphatic carbocycles. The van der Waals surface area contributed by atoms with Gasteiger partial charge in [0, 0.05) is 88.2 Å². The number of nitrogens with zero attached hydrogens (tertiary/aromatic N) is 6. The van der Waals surface area contributed by atoms with Crippen molar-refractivity contribution in [3.63, 3.8) is 0 Å². The highest BCUT2D eigenvalue weighted by Crippen LogP contribution is 2.35. The topological polar surface area (TPSA) is 125 Å². The highest BCUT2D eigenvalue weighted by atomic mass is 79.9. The van der Waals surface area contributed by atoms with Crippen LogP contribution in [0.15, 0.2) is 102 Å². The van der Waals surface area contributed by atoms with Crippen molar-refractivity contribution < 1.29 is 35.1 Å². The maximum absolute atomic E-state index is 13.7. The number of thiazole rings is 2. The molecule has 0 N–H and O–H groups in total. The summed E-state index contributed by atoms with van der Waals surface area (Å²) in [6, 6.07) is 18.6. The van der Waals surface area contributed by atoms with Crippen LogP contribution in [0.2, 0.25) is 10.0 Å². The quantitative estimate of drug-likeness (QED) is 0.131. The number of anilines is 2. The average molecular weight is 1090 g/mol. The Morgan fingerprint density at radius 2 is 1.08 bits per heavy atom. The summed E-state index contributed by atoms with van der Waals surface area (Å²) < 4.78 is 94.5.